The van der Waals surface area contributed by atoms with Crippen molar-refractivity contribution in [3.05, 3.63) is 15.6 Å². The fourth-order valence-electron chi connectivity index (χ4n) is 6.69. The Kier molecular flexibility index (Phi) is 5.46. The Morgan fingerprint density at radius 1 is 1.17 bits per heavy atom. The lowest BCUT2D eigenvalue weighted by Crippen LogP contribution is -2.54. The van der Waals surface area contributed by atoms with E-state index in [0.717, 1.165) is 43.2 Å². The number of carbonyl (C=O) groups is 1. The van der Waals surface area contributed by atoms with E-state index in [1.54, 1.807) is 11.3 Å². The summed E-state index contributed by atoms with van der Waals surface area (Å²) >= 11 is 1.70. The zero-order valence-corrected chi connectivity index (χ0v) is 18.5. The number of carbonyl (C=O) groups excluding carboxylic acids is 1. The summed E-state index contributed by atoms with van der Waals surface area (Å²) in [5.41, 5.74) is 0.675. The number of aliphatic hydroxyl groups excluding tert-OH is 1. The normalized spacial score (nSPS) is 35.8. The second-order valence-corrected chi connectivity index (χ2v) is 11.0. The number of aromatic nitrogens is 1. The van der Waals surface area contributed by atoms with E-state index in [-0.39, 0.29) is 11.3 Å². The van der Waals surface area contributed by atoms with Gasteiger partial charge in [0, 0.05) is 36.0 Å². The highest BCUT2D eigenvalue weighted by atomic mass is 32.1. The smallest absolute Gasteiger partial charge is 0.228 e. The summed E-state index contributed by atoms with van der Waals surface area (Å²) in [6, 6.07) is 0.450. The van der Waals surface area contributed by atoms with Crippen LogP contribution >= 0.6 is 11.3 Å². The molecule has 2 saturated heterocycles. The van der Waals surface area contributed by atoms with Crippen LogP contribution in [0.4, 0.5) is 0 Å². The van der Waals surface area contributed by atoms with E-state index in [9.17, 15) is 9.90 Å². The fraction of sp³-hybridized carbons (Fsp3) is 0.826. The van der Waals surface area contributed by atoms with Crippen LogP contribution in [0.3, 0.4) is 0 Å². The van der Waals surface area contributed by atoms with Crippen molar-refractivity contribution in [2.75, 3.05) is 19.6 Å². The van der Waals surface area contributed by atoms with Crippen LogP contribution in [0.25, 0.3) is 0 Å². The minimum Gasteiger partial charge on any atom is -0.387 e. The van der Waals surface area contributed by atoms with E-state index in [1.165, 1.54) is 49.8 Å². The highest BCUT2D eigenvalue weighted by Gasteiger charge is 2.54. The van der Waals surface area contributed by atoms with Crippen molar-refractivity contribution >= 4 is 17.2 Å². The predicted octanol–water partition coefficient (Wildman–Crippen LogP) is 3.70. The van der Waals surface area contributed by atoms with Crippen LogP contribution in [0, 0.1) is 18.8 Å². The number of aryl methyl sites for hydroxylation is 1. The maximum atomic E-state index is 14.0. The van der Waals surface area contributed by atoms with Crippen molar-refractivity contribution in [3.63, 3.8) is 0 Å². The second kappa shape index (κ2) is 7.93. The Morgan fingerprint density at radius 3 is 2.79 bits per heavy atom. The standard InChI is InChI=1S/C23H35N3O2S/c1-15-25-20-19(27)10-11-23(21(20)29-15)14-24-13-17(23)22(28)26-12-6-5-9-18(26)16-7-3-2-4-8-16/h16-19,24,27H,2-14H2,1H3/t17?,18-,19?,23+/m0/s1. The van der Waals surface area contributed by atoms with E-state index in [1.807, 2.05) is 6.92 Å². The van der Waals surface area contributed by atoms with E-state index < -0.39 is 6.10 Å². The Morgan fingerprint density at radius 2 is 1.97 bits per heavy atom. The average molecular weight is 418 g/mol. The fourth-order valence-corrected chi connectivity index (χ4v) is 7.94. The zero-order valence-electron chi connectivity index (χ0n) is 17.7. The highest BCUT2D eigenvalue weighted by Crippen LogP contribution is 2.51. The Bertz CT molecular complexity index is 759. The quantitative estimate of drug-likeness (QED) is 0.770. The number of likely N-dealkylation sites (tertiary alicyclic amines) is 1. The van der Waals surface area contributed by atoms with Gasteiger partial charge in [-0.25, -0.2) is 4.98 Å². The SMILES string of the molecule is Cc1nc2c(s1)[C@]1(CCC2O)CNCC1C(=O)N1CCCC[C@H]1C1CCCCC1. The molecule has 1 saturated carbocycles. The van der Waals surface area contributed by atoms with Gasteiger partial charge in [-0.15, -0.1) is 11.3 Å². The third kappa shape index (κ3) is 3.35. The molecule has 0 radical (unpaired) electrons. The molecule has 1 spiro atoms. The van der Waals surface area contributed by atoms with Gasteiger partial charge in [0.2, 0.25) is 5.91 Å². The number of hydrogen-bond donors (Lipinski definition) is 2. The molecule has 2 aliphatic heterocycles. The molecular formula is C23H35N3O2S. The van der Waals surface area contributed by atoms with Crippen LogP contribution in [0.1, 0.15) is 85.9 Å². The maximum Gasteiger partial charge on any atom is 0.228 e. The number of nitrogens with one attached hydrogen (secondary N) is 1. The molecule has 6 heteroatoms. The first-order chi connectivity index (χ1) is 14.1. The van der Waals surface area contributed by atoms with Gasteiger partial charge in [0.15, 0.2) is 0 Å². The number of amides is 1. The van der Waals surface area contributed by atoms with Crippen molar-refractivity contribution in [1.29, 1.82) is 0 Å². The summed E-state index contributed by atoms with van der Waals surface area (Å²) in [6.45, 7) is 4.56. The molecule has 3 fully saturated rings. The van der Waals surface area contributed by atoms with E-state index in [0.29, 0.717) is 24.3 Å². The van der Waals surface area contributed by atoms with Gasteiger partial charge in [0.1, 0.15) is 0 Å². The van der Waals surface area contributed by atoms with Gasteiger partial charge in [-0.2, -0.15) is 0 Å². The molecule has 4 aliphatic rings. The molecule has 160 valence electrons. The minimum atomic E-state index is -0.470. The molecule has 2 aliphatic carbocycles. The van der Waals surface area contributed by atoms with Gasteiger partial charge in [0.05, 0.1) is 22.7 Å². The summed E-state index contributed by atoms with van der Waals surface area (Å²) in [4.78, 5) is 22.2. The molecule has 1 aromatic heterocycles. The van der Waals surface area contributed by atoms with Gasteiger partial charge in [-0.3, -0.25) is 4.79 Å². The topological polar surface area (TPSA) is 65.5 Å². The summed E-state index contributed by atoms with van der Waals surface area (Å²) in [6.07, 6.45) is 11.4. The first-order valence-corrected chi connectivity index (χ1v) is 12.6. The molecule has 29 heavy (non-hydrogen) atoms. The van der Waals surface area contributed by atoms with Gasteiger partial charge in [0.25, 0.3) is 0 Å². The van der Waals surface area contributed by atoms with Gasteiger partial charge in [-0.05, 0) is 57.8 Å². The molecule has 3 heterocycles. The molecule has 1 amide bonds. The second-order valence-electron chi connectivity index (χ2n) is 9.83. The molecule has 2 unspecified atom stereocenters. The summed E-state index contributed by atoms with van der Waals surface area (Å²) in [5, 5.41) is 15.1. The van der Waals surface area contributed by atoms with Crippen LogP contribution < -0.4 is 5.32 Å². The van der Waals surface area contributed by atoms with Crippen LogP contribution in [-0.2, 0) is 10.2 Å². The number of nitrogens with zero attached hydrogens (tertiary/aromatic N) is 2. The lowest BCUT2D eigenvalue weighted by atomic mass is 9.68. The van der Waals surface area contributed by atoms with Crippen LogP contribution in [0.5, 0.6) is 0 Å². The third-order valence-corrected chi connectivity index (χ3v) is 9.38. The summed E-state index contributed by atoms with van der Waals surface area (Å²) in [7, 11) is 0. The molecule has 5 rings (SSSR count). The Hall–Kier alpha value is -0.980. The molecule has 2 N–H and O–H groups in total. The van der Waals surface area contributed by atoms with Crippen molar-refractivity contribution in [2.24, 2.45) is 11.8 Å². The Labute approximate surface area is 178 Å². The van der Waals surface area contributed by atoms with Gasteiger partial charge in [-0.1, -0.05) is 19.3 Å². The molecule has 0 aromatic carbocycles. The van der Waals surface area contributed by atoms with Crippen LogP contribution in [-0.4, -0.2) is 46.6 Å². The first-order valence-electron chi connectivity index (χ1n) is 11.8. The van der Waals surface area contributed by atoms with E-state index in [4.69, 9.17) is 0 Å². The van der Waals surface area contributed by atoms with Gasteiger partial charge >= 0.3 is 0 Å². The lowest BCUT2D eigenvalue weighted by molar-refractivity contribution is -0.142. The number of hydrogen-bond acceptors (Lipinski definition) is 5. The number of fused-ring (bicyclic) bond motifs is 2. The van der Waals surface area contributed by atoms with Crippen molar-refractivity contribution in [3.8, 4) is 0 Å². The molecule has 4 atom stereocenters. The zero-order chi connectivity index (χ0) is 20.0. The number of aliphatic hydroxyl groups is 1. The third-order valence-electron chi connectivity index (χ3n) is 8.17. The Balaban J connectivity index is 1.45. The lowest BCUT2D eigenvalue weighted by Gasteiger charge is -2.46. The van der Waals surface area contributed by atoms with Crippen molar-refractivity contribution in [1.82, 2.24) is 15.2 Å². The summed E-state index contributed by atoms with van der Waals surface area (Å²) < 4.78 is 0. The first kappa shape index (κ1) is 20.0. The van der Waals surface area contributed by atoms with Crippen LogP contribution in [0.15, 0.2) is 0 Å². The predicted molar refractivity (Wildman–Crippen MR) is 115 cm³/mol. The number of thiazole rings is 1. The highest BCUT2D eigenvalue weighted by molar-refractivity contribution is 7.11. The number of piperidine rings is 1. The molecular weight excluding hydrogens is 382 g/mol. The van der Waals surface area contributed by atoms with Gasteiger partial charge < -0.3 is 15.3 Å². The molecule has 0 bridgehead atoms. The van der Waals surface area contributed by atoms with Crippen LogP contribution in [0.2, 0.25) is 0 Å². The average Bonchev–Trinajstić information content (AvgIpc) is 3.36. The van der Waals surface area contributed by atoms with Crippen molar-refractivity contribution < 1.29 is 9.90 Å². The van der Waals surface area contributed by atoms with Crippen molar-refractivity contribution in [2.45, 2.75) is 88.7 Å². The summed E-state index contributed by atoms with van der Waals surface area (Å²) in [5.74, 6) is 1.06. The minimum absolute atomic E-state index is 0.0159. The molecule has 1 aromatic rings. The molecule has 5 nitrogen and oxygen atoms in total. The van der Waals surface area contributed by atoms with E-state index >= 15 is 0 Å². The monoisotopic (exact) mass is 417 g/mol. The number of rotatable bonds is 2. The maximum absolute atomic E-state index is 14.0. The largest absolute Gasteiger partial charge is 0.387 e. The van der Waals surface area contributed by atoms with E-state index in [2.05, 4.69) is 15.2 Å².